The van der Waals surface area contributed by atoms with Crippen molar-refractivity contribution in [2.75, 3.05) is 19.9 Å². The van der Waals surface area contributed by atoms with E-state index in [1.54, 1.807) is 6.07 Å². The Morgan fingerprint density at radius 3 is 2.32 bits per heavy atom. The van der Waals surface area contributed by atoms with E-state index < -0.39 is 38.8 Å². The molecule has 1 amide bonds. The molecule has 2 unspecified atom stereocenters. The summed E-state index contributed by atoms with van der Waals surface area (Å²) in [6.45, 7) is 2.01. The smallest absolute Gasteiger partial charge is 0.372 e. The van der Waals surface area contributed by atoms with Gasteiger partial charge in [-0.1, -0.05) is 30.3 Å². The van der Waals surface area contributed by atoms with E-state index in [0.717, 1.165) is 35.1 Å². The zero-order valence-corrected chi connectivity index (χ0v) is 18.3. The number of hydrogen-bond acceptors (Lipinski definition) is 4. The minimum atomic E-state index is -4.41. The Hall–Kier alpha value is -2.39. The number of methoxy groups -OCH3 is 1. The summed E-state index contributed by atoms with van der Waals surface area (Å²) < 4.78 is 67.8. The topological polar surface area (TPSA) is 63.7 Å². The average molecular weight is 455 g/mol. The van der Waals surface area contributed by atoms with Gasteiger partial charge in [0, 0.05) is 26.5 Å². The average Bonchev–Trinajstić information content (AvgIpc) is 2.72. The molecule has 0 saturated carbocycles. The highest BCUT2D eigenvalue weighted by Crippen LogP contribution is 2.35. The van der Waals surface area contributed by atoms with Gasteiger partial charge in [-0.25, -0.2) is 8.42 Å². The largest absolute Gasteiger partial charge is 0.416 e. The van der Waals surface area contributed by atoms with Gasteiger partial charge in [0.25, 0.3) is 0 Å². The van der Waals surface area contributed by atoms with Crippen LogP contribution >= 0.6 is 0 Å². The molecule has 1 aliphatic heterocycles. The summed E-state index contributed by atoms with van der Waals surface area (Å²) in [5.41, 5.74) is 2.52. The quantitative estimate of drug-likeness (QED) is 0.689. The lowest BCUT2D eigenvalue weighted by Gasteiger charge is -2.33. The molecule has 1 aliphatic rings. The van der Waals surface area contributed by atoms with Gasteiger partial charge in [-0.3, -0.25) is 4.79 Å². The third kappa shape index (κ3) is 4.93. The van der Waals surface area contributed by atoms with Crippen LogP contribution in [0.1, 0.15) is 40.8 Å². The van der Waals surface area contributed by atoms with E-state index in [0.29, 0.717) is 18.5 Å². The highest BCUT2D eigenvalue weighted by molar-refractivity contribution is 7.92. The van der Waals surface area contributed by atoms with Crippen LogP contribution in [0.3, 0.4) is 0 Å². The fourth-order valence-corrected chi connectivity index (χ4v) is 4.32. The number of halogens is 3. The van der Waals surface area contributed by atoms with Gasteiger partial charge in [0.1, 0.15) is 11.4 Å². The summed E-state index contributed by atoms with van der Waals surface area (Å²) in [4.78, 5) is 14.1. The summed E-state index contributed by atoms with van der Waals surface area (Å²) in [7, 11) is -2.00. The maximum atomic E-state index is 12.9. The standard InChI is InChI=1S/C22H24F3NO4S/c1-14(31(3,28)29)21(27)26-12-11-18-16(13-26)5-4-6-19(18)20(30-2)15-7-9-17(10-8-15)22(23,24)25/h4-10,14,20H,11-13H2,1-3H3. The highest BCUT2D eigenvalue weighted by atomic mass is 32.2. The summed E-state index contributed by atoms with van der Waals surface area (Å²) in [6.07, 6.45) is -3.44. The van der Waals surface area contributed by atoms with Crippen molar-refractivity contribution in [3.8, 4) is 0 Å². The lowest BCUT2D eigenvalue weighted by molar-refractivity contribution is -0.137. The summed E-state index contributed by atoms with van der Waals surface area (Å²) in [6, 6.07) is 10.4. The van der Waals surface area contributed by atoms with Crippen molar-refractivity contribution in [2.45, 2.75) is 37.4 Å². The molecule has 2 aromatic rings. The molecule has 0 radical (unpaired) electrons. The Bertz CT molecular complexity index is 1070. The van der Waals surface area contributed by atoms with E-state index in [-0.39, 0.29) is 6.54 Å². The van der Waals surface area contributed by atoms with Crippen molar-refractivity contribution in [3.05, 3.63) is 70.3 Å². The lowest BCUT2D eigenvalue weighted by atomic mass is 9.89. The first kappa shape index (κ1) is 23.3. The second-order valence-corrected chi connectivity index (χ2v) is 10.1. The Morgan fingerprint density at radius 2 is 1.77 bits per heavy atom. The molecule has 0 aromatic heterocycles. The zero-order chi connectivity index (χ0) is 23.0. The Morgan fingerprint density at radius 1 is 1.13 bits per heavy atom. The van der Waals surface area contributed by atoms with Crippen molar-refractivity contribution in [1.29, 1.82) is 0 Å². The van der Waals surface area contributed by atoms with Crippen LogP contribution in [0, 0.1) is 0 Å². The van der Waals surface area contributed by atoms with Gasteiger partial charge in [-0.05, 0) is 47.7 Å². The molecular weight excluding hydrogens is 431 g/mol. The first-order chi connectivity index (χ1) is 14.4. The number of hydrogen-bond donors (Lipinski definition) is 0. The summed E-state index contributed by atoms with van der Waals surface area (Å²) >= 11 is 0. The number of alkyl halides is 3. The molecule has 0 spiro atoms. The minimum absolute atomic E-state index is 0.269. The molecular formula is C22H24F3NO4S. The van der Waals surface area contributed by atoms with Crippen LogP contribution in [0.15, 0.2) is 42.5 Å². The number of carbonyl (C=O) groups is 1. The summed E-state index contributed by atoms with van der Waals surface area (Å²) in [5, 5.41) is -1.11. The molecule has 9 heteroatoms. The van der Waals surface area contributed by atoms with Crippen molar-refractivity contribution >= 4 is 15.7 Å². The van der Waals surface area contributed by atoms with E-state index >= 15 is 0 Å². The highest BCUT2D eigenvalue weighted by Gasteiger charge is 2.33. The third-order valence-corrected chi connectivity index (χ3v) is 7.15. The number of rotatable bonds is 5. The number of fused-ring (bicyclic) bond motifs is 1. The van der Waals surface area contributed by atoms with Gasteiger partial charge >= 0.3 is 6.18 Å². The molecule has 0 N–H and O–H groups in total. The van der Waals surface area contributed by atoms with Crippen molar-refractivity contribution in [1.82, 2.24) is 4.90 Å². The summed E-state index contributed by atoms with van der Waals surface area (Å²) in [5.74, 6) is -0.440. The van der Waals surface area contributed by atoms with E-state index in [1.165, 1.54) is 31.1 Å². The molecule has 5 nitrogen and oxygen atoms in total. The van der Waals surface area contributed by atoms with Crippen molar-refractivity contribution < 1.29 is 31.1 Å². The molecule has 2 atom stereocenters. The first-order valence-corrected chi connectivity index (χ1v) is 11.7. The second-order valence-electron chi connectivity index (χ2n) is 7.70. The van der Waals surface area contributed by atoms with Crippen LogP contribution in [0.5, 0.6) is 0 Å². The normalized spacial score (nSPS) is 16.5. The van der Waals surface area contributed by atoms with Crippen LogP contribution in [-0.4, -0.2) is 44.4 Å². The molecule has 0 bridgehead atoms. The number of sulfone groups is 1. The van der Waals surface area contributed by atoms with Gasteiger partial charge in [0.05, 0.1) is 5.56 Å². The Balaban J connectivity index is 1.89. The Kier molecular flexibility index (Phi) is 6.48. The van der Waals surface area contributed by atoms with Crippen LogP contribution < -0.4 is 0 Å². The van der Waals surface area contributed by atoms with Gasteiger partial charge in [0.2, 0.25) is 5.91 Å². The van der Waals surface area contributed by atoms with Gasteiger partial charge in [-0.2, -0.15) is 13.2 Å². The van der Waals surface area contributed by atoms with Gasteiger partial charge in [0.15, 0.2) is 9.84 Å². The maximum Gasteiger partial charge on any atom is 0.416 e. The molecule has 168 valence electrons. The van der Waals surface area contributed by atoms with E-state index in [2.05, 4.69) is 0 Å². The maximum absolute atomic E-state index is 12.9. The molecule has 31 heavy (non-hydrogen) atoms. The number of carbonyl (C=O) groups excluding carboxylic acids is 1. The van der Waals surface area contributed by atoms with Crippen LogP contribution in [0.25, 0.3) is 0 Å². The second kappa shape index (κ2) is 8.63. The molecule has 0 aliphatic carbocycles. The molecule has 3 rings (SSSR count). The van der Waals surface area contributed by atoms with Crippen molar-refractivity contribution in [3.63, 3.8) is 0 Å². The van der Waals surface area contributed by atoms with Crippen LogP contribution in [-0.2, 0) is 38.5 Å². The van der Waals surface area contributed by atoms with E-state index in [9.17, 15) is 26.4 Å². The molecule has 1 heterocycles. The van der Waals surface area contributed by atoms with Crippen LogP contribution in [0.4, 0.5) is 13.2 Å². The van der Waals surface area contributed by atoms with Crippen LogP contribution in [0.2, 0.25) is 0 Å². The number of benzene rings is 2. The van der Waals surface area contributed by atoms with Gasteiger partial charge < -0.3 is 9.64 Å². The number of ether oxygens (including phenoxy) is 1. The molecule has 0 fully saturated rings. The van der Waals surface area contributed by atoms with Crippen molar-refractivity contribution in [2.24, 2.45) is 0 Å². The predicted molar refractivity (Wildman–Crippen MR) is 110 cm³/mol. The molecule has 2 aromatic carbocycles. The van der Waals surface area contributed by atoms with Gasteiger partial charge in [-0.15, -0.1) is 0 Å². The van der Waals surface area contributed by atoms with E-state index in [4.69, 9.17) is 4.74 Å². The predicted octanol–water partition coefficient (Wildman–Crippen LogP) is 3.76. The lowest BCUT2D eigenvalue weighted by Crippen LogP contribution is -2.43. The number of nitrogens with zero attached hydrogens (tertiary/aromatic N) is 1. The zero-order valence-electron chi connectivity index (χ0n) is 17.4. The molecule has 0 saturated heterocycles. The third-order valence-electron chi connectivity index (χ3n) is 5.66. The first-order valence-electron chi connectivity index (χ1n) is 9.71. The minimum Gasteiger partial charge on any atom is -0.372 e. The fourth-order valence-electron chi connectivity index (χ4n) is 3.80. The fraction of sp³-hybridized carbons (Fsp3) is 0.409. The SMILES string of the molecule is COC(c1ccc(C(F)(F)F)cc1)c1cccc2c1CCN(C(=O)C(C)S(C)(=O)=O)C2. The number of amides is 1. The monoisotopic (exact) mass is 455 g/mol. The Labute approximate surface area is 179 Å². The van der Waals surface area contributed by atoms with E-state index in [1.807, 2.05) is 12.1 Å².